The first-order chi connectivity index (χ1) is 13.5. The Morgan fingerprint density at radius 2 is 2.04 bits per heavy atom. The van der Waals surface area contributed by atoms with Gasteiger partial charge in [0.15, 0.2) is 0 Å². The molecule has 0 spiro atoms. The van der Waals surface area contributed by atoms with Crippen molar-refractivity contribution in [2.24, 2.45) is 0 Å². The van der Waals surface area contributed by atoms with Crippen LogP contribution in [0.3, 0.4) is 0 Å². The van der Waals surface area contributed by atoms with Crippen LogP contribution in [0.2, 0.25) is 0 Å². The molecule has 0 aromatic carbocycles. The number of hydrogen-bond donors (Lipinski definition) is 0. The van der Waals surface area contributed by atoms with E-state index in [1.54, 1.807) is 30.1 Å². The number of rotatable bonds is 5. The Balaban J connectivity index is 1.77. The van der Waals surface area contributed by atoms with Crippen molar-refractivity contribution in [3.05, 3.63) is 42.5 Å². The van der Waals surface area contributed by atoms with Crippen molar-refractivity contribution in [3.8, 4) is 22.8 Å². The summed E-state index contributed by atoms with van der Waals surface area (Å²) in [6, 6.07) is 6.69. The highest BCUT2D eigenvalue weighted by Crippen LogP contribution is 2.31. The summed E-state index contributed by atoms with van der Waals surface area (Å²) in [7, 11) is 1.59. The second-order valence-electron chi connectivity index (χ2n) is 5.79. The summed E-state index contributed by atoms with van der Waals surface area (Å²) in [4.78, 5) is 12.0. The molecule has 4 aromatic rings. The number of hydrogen-bond acceptors (Lipinski definition) is 7. The predicted molar refractivity (Wildman–Crippen MR) is 90.9 cm³/mol. The third kappa shape index (κ3) is 3.31. The zero-order valence-corrected chi connectivity index (χ0v) is 14.5. The van der Waals surface area contributed by atoms with Crippen LogP contribution in [0, 0.1) is 0 Å². The molecular formula is C17H13F3N6O2. The summed E-state index contributed by atoms with van der Waals surface area (Å²) in [6.07, 6.45) is -1.63. The lowest BCUT2D eigenvalue weighted by Gasteiger charge is -2.01. The van der Waals surface area contributed by atoms with Gasteiger partial charge in [-0.05, 0) is 24.3 Å². The zero-order chi connectivity index (χ0) is 19.7. The Morgan fingerprint density at radius 3 is 2.79 bits per heavy atom. The SMILES string of the molecule is COCCn1nc(-c2cc(-c3noc(C(F)(F)F)n3)ccn2)c2ncccc21. The number of pyridine rings is 2. The Hall–Kier alpha value is -3.34. The lowest BCUT2D eigenvalue weighted by atomic mass is 10.1. The second-order valence-corrected chi connectivity index (χ2v) is 5.79. The first-order valence-electron chi connectivity index (χ1n) is 8.15. The number of aromatic nitrogens is 6. The molecule has 144 valence electrons. The van der Waals surface area contributed by atoms with E-state index in [0.29, 0.717) is 35.6 Å². The third-order valence-corrected chi connectivity index (χ3v) is 3.95. The van der Waals surface area contributed by atoms with Crippen LogP contribution in [0.5, 0.6) is 0 Å². The molecule has 4 heterocycles. The smallest absolute Gasteiger partial charge is 0.383 e. The summed E-state index contributed by atoms with van der Waals surface area (Å²) in [5, 5.41) is 7.95. The quantitative estimate of drug-likeness (QED) is 0.517. The maximum Gasteiger partial charge on any atom is 0.471 e. The van der Waals surface area contributed by atoms with Crippen LogP contribution in [0.1, 0.15) is 5.89 Å². The minimum absolute atomic E-state index is 0.188. The van der Waals surface area contributed by atoms with Gasteiger partial charge in [0.1, 0.15) is 11.2 Å². The van der Waals surface area contributed by atoms with Crippen LogP contribution in [-0.4, -0.2) is 43.6 Å². The summed E-state index contributed by atoms with van der Waals surface area (Å²) in [5.74, 6) is -1.59. The first-order valence-corrected chi connectivity index (χ1v) is 8.15. The lowest BCUT2D eigenvalue weighted by molar-refractivity contribution is -0.159. The van der Waals surface area contributed by atoms with Crippen molar-refractivity contribution in [1.82, 2.24) is 29.9 Å². The topological polar surface area (TPSA) is 91.8 Å². The highest BCUT2D eigenvalue weighted by Gasteiger charge is 2.38. The van der Waals surface area contributed by atoms with E-state index in [2.05, 4.69) is 29.7 Å². The molecule has 0 aliphatic heterocycles. The number of nitrogens with zero attached hydrogens (tertiary/aromatic N) is 6. The van der Waals surface area contributed by atoms with Gasteiger partial charge in [-0.2, -0.15) is 23.3 Å². The fourth-order valence-corrected chi connectivity index (χ4v) is 2.69. The lowest BCUT2D eigenvalue weighted by Crippen LogP contribution is -2.05. The number of methoxy groups -OCH3 is 1. The van der Waals surface area contributed by atoms with Crippen LogP contribution in [0.4, 0.5) is 13.2 Å². The number of fused-ring (bicyclic) bond motifs is 1. The molecule has 11 heteroatoms. The summed E-state index contributed by atoms with van der Waals surface area (Å²) in [6.45, 7) is 0.972. The molecule has 0 aliphatic rings. The average Bonchev–Trinajstić information content (AvgIpc) is 3.32. The van der Waals surface area contributed by atoms with Gasteiger partial charge in [-0.15, -0.1) is 0 Å². The van der Waals surface area contributed by atoms with Gasteiger partial charge in [0, 0.05) is 25.1 Å². The van der Waals surface area contributed by atoms with E-state index in [9.17, 15) is 13.2 Å². The van der Waals surface area contributed by atoms with Crippen molar-refractivity contribution in [3.63, 3.8) is 0 Å². The minimum Gasteiger partial charge on any atom is -0.383 e. The summed E-state index contributed by atoms with van der Waals surface area (Å²) < 4.78 is 49.2. The molecule has 8 nitrogen and oxygen atoms in total. The van der Waals surface area contributed by atoms with Crippen molar-refractivity contribution < 1.29 is 22.4 Å². The van der Waals surface area contributed by atoms with Crippen LogP contribution >= 0.6 is 0 Å². The monoisotopic (exact) mass is 390 g/mol. The maximum absolute atomic E-state index is 12.7. The third-order valence-electron chi connectivity index (χ3n) is 3.95. The fourth-order valence-electron chi connectivity index (χ4n) is 2.69. The maximum atomic E-state index is 12.7. The Morgan fingerprint density at radius 1 is 1.18 bits per heavy atom. The molecule has 0 saturated heterocycles. The van der Waals surface area contributed by atoms with Crippen LogP contribution in [0.15, 0.2) is 41.2 Å². The number of halogens is 3. The van der Waals surface area contributed by atoms with Crippen LogP contribution in [-0.2, 0) is 17.5 Å². The van der Waals surface area contributed by atoms with E-state index in [1.165, 1.54) is 12.3 Å². The second kappa shape index (κ2) is 7.00. The van der Waals surface area contributed by atoms with E-state index in [0.717, 1.165) is 5.52 Å². The zero-order valence-electron chi connectivity index (χ0n) is 14.5. The molecule has 0 bridgehead atoms. The number of alkyl halides is 3. The van der Waals surface area contributed by atoms with E-state index < -0.39 is 12.1 Å². The summed E-state index contributed by atoms with van der Waals surface area (Å²) in [5.41, 5.74) is 2.65. The molecule has 0 amide bonds. The van der Waals surface area contributed by atoms with Gasteiger partial charge >= 0.3 is 12.1 Å². The van der Waals surface area contributed by atoms with Gasteiger partial charge in [-0.1, -0.05) is 5.16 Å². The van der Waals surface area contributed by atoms with Gasteiger partial charge in [0.25, 0.3) is 0 Å². The van der Waals surface area contributed by atoms with Crippen molar-refractivity contribution in [1.29, 1.82) is 0 Å². The molecule has 0 aliphatic carbocycles. The molecule has 0 saturated carbocycles. The van der Waals surface area contributed by atoms with E-state index >= 15 is 0 Å². The highest BCUT2D eigenvalue weighted by atomic mass is 19.4. The molecular weight excluding hydrogens is 377 g/mol. The normalized spacial score (nSPS) is 12.0. The van der Waals surface area contributed by atoms with E-state index in [-0.39, 0.29) is 5.82 Å². The van der Waals surface area contributed by atoms with Gasteiger partial charge < -0.3 is 9.26 Å². The molecule has 0 atom stereocenters. The van der Waals surface area contributed by atoms with Gasteiger partial charge in [0.2, 0.25) is 5.82 Å². The Bertz CT molecular complexity index is 1120. The molecule has 0 radical (unpaired) electrons. The van der Waals surface area contributed by atoms with Crippen molar-refractivity contribution in [2.45, 2.75) is 12.7 Å². The van der Waals surface area contributed by atoms with Crippen LogP contribution in [0.25, 0.3) is 33.8 Å². The Labute approximate surface area is 156 Å². The first kappa shape index (κ1) is 18.0. The minimum atomic E-state index is -4.71. The Kier molecular flexibility index (Phi) is 4.51. The largest absolute Gasteiger partial charge is 0.471 e. The van der Waals surface area contributed by atoms with Gasteiger partial charge in [0.05, 0.1) is 24.4 Å². The van der Waals surface area contributed by atoms with Crippen LogP contribution < -0.4 is 0 Å². The fraction of sp³-hybridized carbons (Fsp3) is 0.235. The van der Waals surface area contributed by atoms with E-state index in [4.69, 9.17) is 4.74 Å². The standard InChI is InChI=1S/C17H13F3N6O2/c1-27-8-7-26-12-3-2-5-22-14(12)13(24-26)11-9-10(4-6-21-11)15-23-16(28-25-15)17(18,19)20/h2-6,9H,7-8H2,1H3. The van der Waals surface area contributed by atoms with Crippen molar-refractivity contribution >= 4 is 11.0 Å². The highest BCUT2D eigenvalue weighted by molar-refractivity contribution is 5.89. The van der Waals surface area contributed by atoms with Crippen molar-refractivity contribution in [2.75, 3.05) is 13.7 Å². The predicted octanol–water partition coefficient (Wildman–Crippen LogP) is 3.21. The molecule has 0 unspecified atom stereocenters. The molecule has 0 fully saturated rings. The van der Waals surface area contributed by atoms with E-state index in [1.807, 2.05) is 6.07 Å². The number of ether oxygens (including phenoxy) is 1. The molecule has 4 rings (SSSR count). The van der Waals surface area contributed by atoms with Gasteiger partial charge in [-0.25, -0.2) is 0 Å². The average molecular weight is 390 g/mol. The molecule has 4 aromatic heterocycles. The molecule has 0 N–H and O–H groups in total. The van der Waals surface area contributed by atoms with Gasteiger partial charge in [-0.3, -0.25) is 14.6 Å². The molecule has 28 heavy (non-hydrogen) atoms. The summed E-state index contributed by atoms with van der Waals surface area (Å²) >= 11 is 0.